The van der Waals surface area contributed by atoms with E-state index in [1.807, 2.05) is 19.9 Å². The van der Waals surface area contributed by atoms with Crippen LogP contribution in [-0.4, -0.2) is 24.4 Å². The van der Waals surface area contributed by atoms with Gasteiger partial charge in [0.25, 0.3) is 0 Å². The van der Waals surface area contributed by atoms with Gasteiger partial charge in [-0.05, 0) is 55.5 Å². The molecule has 0 bridgehead atoms. The quantitative estimate of drug-likeness (QED) is 0.523. The zero-order valence-electron chi connectivity index (χ0n) is 14.0. The van der Waals surface area contributed by atoms with Gasteiger partial charge in [0.1, 0.15) is 5.58 Å². The van der Waals surface area contributed by atoms with Gasteiger partial charge < -0.3 is 14.9 Å². The van der Waals surface area contributed by atoms with Crippen molar-refractivity contribution in [2.24, 2.45) is 10.7 Å². The van der Waals surface area contributed by atoms with Crippen molar-refractivity contribution in [3.8, 4) is 0 Å². The van der Waals surface area contributed by atoms with Gasteiger partial charge in [0, 0.05) is 23.8 Å². The van der Waals surface area contributed by atoms with Gasteiger partial charge in [0.2, 0.25) is 0 Å². The van der Waals surface area contributed by atoms with Gasteiger partial charge in [-0.1, -0.05) is 11.8 Å². The highest BCUT2D eigenvalue weighted by Gasteiger charge is 2.15. The largest absolute Gasteiger partial charge is 0.423 e. The minimum absolute atomic E-state index is 0.194. The zero-order chi connectivity index (χ0) is 17.1. The van der Waals surface area contributed by atoms with Crippen molar-refractivity contribution >= 4 is 27.9 Å². The average Bonchev–Trinajstić information content (AvgIpc) is 3.06. The minimum Gasteiger partial charge on any atom is -0.423 e. The van der Waals surface area contributed by atoms with Gasteiger partial charge in [0.15, 0.2) is 5.17 Å². The molecule has 1 aliphatic rings. The first-order valence-corrected chi connectivity index (χ1v) is 9.10. The van der Waals surface area contributed by atoms with E-state index in [2.05, 4.69) is 11.1 Å². The number of benzene rings is 1. The van der Waals surface area contributed by atoms with Crippen molar-refractivity contribution in [1.82, 2.24) is 0 Å². The number of nitrogens with zero attached hydrogens (tertiary/aromatic N) is 1. The number of aliphatic imine (C=N–C) groups is 1. The first kappa shape index (κ1) is 17.0. The summed E-state index contributed by atoms with van der Waals surface area (Å²) in [6, 6.07) is 5.51. The molecule has 0 amide bonds. The van der Waals surface area contributed by atoms with Crippen LogP contribution < -0.4 is 11.4 Å². The molecule has 1 fully saturated rings. The van der Waals surface area contributed by atoms with Gasteiger partial charge in [-0.15, -0.1) is 0 Å². The van der Waals surface area contributed by atoms with Crippen LogP contribution in [0.25, 0.3) is 11.0 Å². The van der Waals surface area contributed by atoms with Crippen molar-refractivity contribution in [2.45, 2.75) is 38.5 Å². The first-order chi connectivity index (χ1) is 11.5. The third kappa shape index (κ3) is 3.99. The number of thioether (sulfide) groups is 1. The second-order valence-corrected chi connectivity index (χ2v) is 7.12. The number of fused-ring (bicyclic) bond motifs is 1. The summed E-state index contributed by atoms with van der Waals surface area (Å²) in [4.78, 5) is 16.2. The Morgan fingerprint density at radius 3 is 2.88 bits per heavy atom. The lowest BCUT2D eigenvalue weighted by atomic mass is 10.0. The molecule has 1 aromatic carbocycles. The monoisotopic (exact) mass is 346 g/mol. The molecule has 1 aliphatic heterocycles. The number of aryl methyl sites for hydroxylation is 2. The number of rotatable bonds is 4. The molecule has 0 saturated carbocycles. The molecule has 1 saturated heterocycles. The fraction of sp³-hybridized carbons (Fsp3) is 0.444. The zero-order valence-corrected chi connectivity index (χ0v) is 14.8. The van der Waals surface area contributed by atoms with Gasteiger partial charge in [-0.25, -0.2) is 4.79 Å². The summed E-state index contributed by atoms with van der Waals surface area (Å²) in [5.74, 6) is 0.589. The molecule has 1 atom stereocenters. The Balaban J connectivity index is 1.75. The van der Waals surface area contributed by atoms with Crippen LogP contribution >= 0.6 is 11.8 Å². The average molecular weight is 346 g/mol. The lowest BCUT2D eigenvalue weighted by Crippen LogP contribution is -2.14. The predicted molar refractivity (Wildman–Crippen MR) is 98.7 cm³/mol. The summed E-state index contributed by atoms with van der Waals surface area (Å²) < 4.78 is 10.9. The van der Waals surface area contributed by atoms with E-state index in [-0.39, 0.29) is 11.7 Å². The van der Waals surface area contributed by atoms with Crippen molar-refractivity contribution in [1.29, 1.82) is 0 Å². The summed E-state index contributed by atoms with van der Waals surface area (Å²) in [7, 11) is 0. The molecule has 0 unspecified atom stereocenters. The Kier molecular flexibility index (Phi) is 5.26. The second-order valence-electron chi connectivity index (χ2n) is 6.13. The Bertz CT molecular complexity index is 823. The molecule has 2 N–H and O–H groups in total. The standard InChI is InChI=1S/C18H22N2O3S/c1-11-6-15-13(8-17(21)23-16(15)7-12(11)2)10-24-18(19)20-9-14-4-3-5-22-14/h6-8,14H,3-5,9-10H2,1-2H3,(H2,19,20)/t14-/m1/s1. The van der Waals surface area contributed by atoms with Crippen LogP contribution in [0.15, 0.2) is 32.4 Å². The molecule has 0 aliphatic carbocycles. The molecule has 6 heteroatoms. The molecule has 0 spiro atoms. The molecule has 0 radical (unpaired) electrons. The highest BCUT2D eigenvalue weighted by Crippen LogP contribution is 2.24. The smallest absolute Gasteiger partial charge is 0.336 e. The lowest BCUT2D eigenvalue weighted by molar-refractivity contribution is 0.118. The van der Waals surface area contributed by atoms with Crippen LogP contribution in [-0.2, 0) is 10.5 Å². The summed E-state index contributed by atoms with van der Waals surface area (Å²) in [5, 5.41) is 1.48. The molecule has 3 rings (SSSR count). The number of amidine groups is 1. The summed E-state index contributed by atoms with van der Waals surface area (Å²) in [6.45, 7) is 5.48. The van der Waals surface area contributed by atoms with Crippen LogP contribution in [0.2, 0.25) is 0 Å². The predicted octanol–water partition coefficient (Wildman–Crippen LogP) is 3.14. The van der Waals surface area contributed by atoms with Crippen LogP contribution in [0.5, 0.6) is 0 Å². The van der Waals surface area contributed by atoms with E-state index in [1.54, 1.807) is 0 Å². The first-order valence-electron chi connectivity index (χ1n) is 8.11. The second kappa shape index (κ2) is 7.40. The molecule has 1 aromatic heterocycles. The number of hydrogen-bond donors (Lipinski definition) is 1. The Morgan fingerprint density at radius 2 is 2.12 bits per heavy atom. The van der Waals surface area contributed by atoms with E-state index < -0.39 is 0 Å². The third-order valence-electron chi connectivity index (χ3n) is 4.29. The lowest BCUT2D eigenvalue weighted by Gasteiger charge is -2.09. The van der Waals surface area contributed by atoms with Gasteiger partial charge in [-0.3, -0.25) is 4.99 Å². The van der Waals surface area contributed by atoms with Crippen molar-refractivity contribution in [3.05, 3.63) is 45.3 Å². The maximum absolute atomic E-state index is 11.8. The molecule has 2 heterocycles. The summed E-state index contributed by atoms with van der Waals surface area (Å²) >= 11 is 1.44. The van der Waals surface area contributed by atoms with Crippen molar-refractivity contribution in [2.75, 3.05) is 13.2 Å². The molecule has 24 heavy (non-hydrogen) atoms. The SMILES string of the molecule is Cc1cc2oc(=O)cc(CSC(N)=NC[C@H]3CCCO3)c2cc1C. The molecule has 5 nitrogen and oxygen atoms in total. The molecule has 128 valence electrons. The number of nitrogens with two attached hydrogens (primary N) is 1. The molecule has 2 aromatic rings. The van der Waals surface area contributed by atoms with Crippen molar-refractivity contribution < 1.29 is 9.15 Å². The van der Waals surface area contributed by atoms with Crippen LogP contribution in [0.1, 0.15) is 29.5 Å². The van der Waals surface area contributed by atoms with E-state index >= 15 is 0 Å². The maximum atomic E-state index is 11.8. The number of ether oxygens (including phenoxy) is 1. The molecular formula is C18H22N2O3S. The topological polar surface area (TPSA) is 77.8 Å². The van der Waals surface area contributed by atoms with Crippen LogP contribution in [0, 0.1) is 13.8 Å². The van der Waals surface area contributed by atoms with E-state index in [0.29, 0.717) is 23.0 Å². The fourth-order valence-corrected chi connectivity index (χ4v) is 3.49. The highest BCUT2D eigenvalue weighted by molar-refractivity contribution is 8.13. The highest BCUT2D eigenvalue weighted by atomic mass is 32.2. The number of hydrogen-bond acceptors (Lipinski definition) is 5. The van der Waals surface area contributed by atoms with E-state index in [4.69, 9.17) is 14.9 Å². The Morgan fingerprint density at radius 1 is 1.33 bits per heavy atom. The van der Waals surface area contributed by atoms with Gasteiger partial charge in [0.05, 0.1) is 12.6 Å². The van der Waals surface area contributed by atoms with E-state index in [0.717, 1.165) is 36.0 Å². The Hall–Kier alpha value is -1.79. The normalized spacial score (nSPS) is 18.4. The Labute approximate surface area is 145 Å². The fourth-order valence-electron chi connectivity index (χ4n) is 2.78. The maximum Gasteiger partial charge on any atom is 0.336 e. The van der Waals surface area contributed by atoms with E-state index in [9.17, 15) is 4.79 Å². The minimum atomic E-state index is -0.337. The summed E-state index contributed by atoms with van der Waals surface area (Å²) in [5.41, 5.74) is 9.47. The van der Waals surface area contributed by atoms with Crippen LogP contribution in [0.3, 0.4) is 0 Å². The van der Waals surface area contributed by atoms with Gasteiger partial charge >= 0.3 is 5.63 Å². The van der Waals surface area contributed by atoms with Crippen LogP contribution in [0.4, 0.5) is 0 Å². The van der Waals surface area contributed by atoms with Crippen molar-refractivity contribution in [3.63, 3.8) is 0 Å². The van der Waals surface area contributed by atoms with E-state index in [1.165, 1.54) is 23.4 Å². The molecular weight excluding hydrogens is 324 g/mol. The third-order valence-corrected chi connectivity index (χ3v) is 5.18. The summed E-state index contributed by atoms with van der Waals surface area (Å²) in [6.07, 6.45) is 2.33. The van der Waals surface area contributed by atoms with Gasteiger partial charge in [-0.2, -0.15) is 0 Å².